The minimum atomic E-state index is 0.741. The van der Waals surface area contributed by atoms with Crippen molar-refractivity contribution >= 4 is 5.69 Å². The number of rotatable bonds is 5. The number of ether oxygens (including phenoxy) is 1. The molecule has 0 atom stereocenters. The molecule has 0 aromatic heterocycles. The number of methoxy groups -OCH3 is 1. The number of benzene rings is 2. The van der Waals surface area contributed by atoms with Crippen LogP contribution in [0.5, 0.6) is 5.75 Å². The maximum absolute atomic E-state index is 5.51. The lowest BCUT2D eigenvalue weighted by atomic mass is 10.1. The number of para-hydroxylation sites is 1. The highest BCUT2D eigenvalue weighted by atomic mass is 16.5. The first kappa shape index (κ1) is 13.0. The van der Waals surface area contributed by atoms with Gasteiger partial charge >= 0.3 is 0 Å². The van der Waals surface area contributed by atoms with Gasteiger partial charge in [0.25, 0.3) is 0 Å². The molecule has 1 aliphatic rings. The predicted molar refractivity (Wildman–Crippen MR) is 81.9 cm³/mol. The van der Waals surface area contributed by atoms with Gasteiger partial charge in [-0.25, -0.2) is 5.43 Å². The molecule has 0 heterocycles. The Morgan fingerprint density at radius 3 is 2.55 bits per heavy atom. The Bertz CT molecular complexity index is 581. The molecule has 0 amide bonds. The van der Waals surface area contributed by atoms with E-state index in [0.717, 1.165) is 18.0 Å². The van der Waals surface area contributed by atoms with Crippen LogP contribution in [-0.4, -0.2) is 7.11 Å². The van der Waals surface area contributed by atoms with Crippen LogP contribution in [0.15, 0.2) is 42.5 Å². The average molecular weight is 268 g/mol. The van der Waals surface area contributed by atoms with E-state index in [-0.39, 0.29) is 0 Å². The van der Waals surface area contributed by atoms with Crippen LogP contribution in [-0.2, 0) is 19.4 Å². The van der Waals surface area contributed by atoms with Crippen LogP contribution in [0.25, 0.3) is 0 Å². The summed E-state index contributed by atoms with van der Waals surface area (Å²) in [4.78, 5) is 0. The number of hydrogen-bond donors (Lipinski definition) is 2. The minimum Gasteiger partial charge on any atom is -0.496 e. The third-order valence-electron chi connectivity index (χ3n) is 3.78. The maximum atomic E-state index is 5.51. The zero-order chi connectivity index (χ0) is 13.8. The number of nitrogens with one attached hydrogen (secondary N) is 2. The van der Waals surface area contributed by atoms with E-state index in [0.29, 0.717) is 0 Å². The predicted octanol–water partition coefficient (Wildman–Crippen LogP) is 3.30. The van der Waals surface area contributed by atoms with Crippen molar-refractivity contribution in [1.82, 2.24) is 5.43 Å². The van der Waals surface area contributed by atoms with Gasteiger partial charge in [-0.15, -0.1) is 0 Å². The lowest BCUT2D eigenvalue weighted by Crippen LogP contribution is -2.21. The normalized spacial score (nSPS) is 13.1. The first-order chi connectivity index (χ1) is 9.86. The van der Waals surface area contributed by atoms with Crippen molar-refractivity contribution in [3.05, 3.63) is 59.2 Å². The second-order valence-electron chi connectivity index (χ2n) is 5.13. The number of fused-ring (bicyclic) bond motifs is 1. The van der Waals surface area contributed by atoms with Crippen LogP contribution < -0.4 is 15.6 Å². The summed E-state index contributed by atoms with van der Waals surface area (Å²) in [5.74, 6) is 0.980. The summed E-state index contributed by atoms with van der Waals surface area (Å²) in [6.07, 6.45) is 3.64. The van der Waals surface area contributed by atoms with Gasteiger partial charge in [0.1, 0.15) is 5.75 Å². The highest BCUT2D eigenvalue weighted by Crippen LogP contribution is 2.29. The molecule has 3 nitrogen and oxygen atoms in total. The summed E-state index contributed by atoms with van der Waals surface area (Å²) in [6, 6.07) is 14.6. The SMILES string of the molecule is COc1cc2c(cc1CNNc1ccccc1)CCC2. The first-order valence-electron chi connectivity index (χ1n) is 7.09. The van der Waals surface area contributed by atoms with E-state index < -0.39 is 0 Å². The largest absolute Gasteiger partial charge is 0.496 e. The lowest BCUT2D eigenvalue weighted by Gasteiger charge is -2.13. The highest BCUT2D eigenvalue weighted by Gasteiger charge is 2.14. The zero-order valence-corrected chi connectivity index (χ0v) is 11.8. The molecule has 20 heavy (non-hydrogen) atoms. The van der Waals surface area contributed by atoms with Gasteiger partial charge in [0.05, 0.1) is 7.11 Å². The van der Waals surface area contributed by atoms with Crippen LogP contribution in [0.1, 0.15) is 23.1 Å². The first-order valence-corrected chi connectivity index (χ1v) is 7.09. The summed E-state index contributed by atoms with van der Waals surface area (Å²) in [7, 11) is 1.74. The molecule has 0 fully saturated rings. The van der Waals surface area contributed by atoms with Crippen molar-refractivity contribution in [2.24, 2.45) is 0 Å². The number of hydrazine groups is 1. The molecule has 0 spiro atoms. The second-order valence-corrected chi connectivity index (χ2v) is 5.13. The Hall–Kier alpha value is -2.00. The summed E-state index contributed by atoms with van der Waals surface area (Å²) in [5.41, 5.74) is 11.6. The molecule has 104 valence electrons. The summed E-state index contributed by atoms with van der Waals surface area (Å²) in [5, 5.41) is 0. The highest BCUT2D eigenvalue weighted by molar-refractivity contribution is 5.45. The smallest absolute Gasteiger partial charge is 0.123 e. The fourth-order valence-electron chi connectivity index (χ4n) is 2.74. The van der Waals surface area contributed by atoms with E-state index in [1.54, 1.807) is 7.11 Å². The minimum absolute atomic E-state index is 0.741. The fraction of sp³-hybridized carbons (Fsp3) is 0.294. The van der Waals surface area contributed by atoms with Crippen molar-refractivity contribution < 1.29 is 4.74 Å². The Morgan fingerprint density at radius 1 is 1.05 bits per heavy atom. The van der Waals surface area contributed by atoms with Gasteiger partial charge in [-0.2, -0.15) is 0 Å². The molecule has 3 heteroatoms. The number of aryl methyl sites for hydroxylation is 2. The average Bonchev–Trinajstić information content (AvgIpc) is 2.94. The van der Waals surface area contributed by atoms with Crippen LogP contribution in [0, 0.1) is 0 Å². The van der Waals surface area contributed by atoms with E-state index >= 15 is 0 Å². The van der Waals surface area contributed by atoms with E-state index in [1.807, 2.05) is 30.3 Å². The van der Waals surface area contributed by atoms with E-state index in [1.165, 1.54) is 36.0 Å². The molecule has 0 saturated heterocycles. The molecular weight excluding hydrogens is 248 g/mol. The molecule has 1 aliphatic carbocycles. The standard InChI is InChI=1S/C17H20N2O/c1-20-17-11-14-7-5-6-13(14)10-15(17)12-18-19-16-8-3-2-4-9-16/h2-4,8-11,18-19H,5-7,12H2,1H3. The number of hydrogen-bond acceptors (Lipinski definition) is 3. The Morgan fingerprint density at radius 2 is 1.80 bits per heavy atom. The monoisotopic (exact) mass is 268 g/mol. The van der Waals surface area contributed by atoms with Gasteiger partial charge in [0.2, 0.25) is 0 Å². The van der Waals surface area contributed by atoms with Crippen LogP contribution in [0.2, 0.25) is 0 Å². The van der Waals surface area contributed by atoms with Gasteiger partial charge < -0.3 is 10.2 Å². The van der Waals surface area contributed by atoms with Gasteiger partial charge in [-0.3, -0.25) is 0 Å². The fourth-order valence-corrected chi connectivity index (χ4v) is 2.74. The van der Waals surface area contributed by atoms with Crippen molar-refractivity contribution in [3.8, 4) is 5.75 Å². The molecule has 2 N–H and O–H groups in total. The second kappa shape index (κ2) is 5.97. The third-order valence-corrected chi connectivity index (χ3v) is 3.78. The van der Waals surface area contributed by atoms with Crippen LogP contribution >= 0.6 is 0 Å². The van der Waals surface area contributed by atoms with Crippen molar-refractivity contribution in [2.45, 2.75) is 25.8 Å². The van der Waals surface area contributed by atoms with Gasteiger partial charge in [0.15, 0.2) is 0 Å². The molecule has 3 rings (SSSR count). The maximum Gasteiger partial charge on any atom is 0.123 e. The molecule has 0 unspecified atom stereocenters. The molecular formula is C17H20N2O. The van der Waals surface area contributed by atoms with Crippen molar-refractivity contribution in [1.29, 1.82) is 0 Å². The van der Waals surface area contributed by atoms with E-state index in [9.17, 15) is 0 Å². The number of anilines is 1. The van der Waals surface area contributed by atoms with Gasteiger partial charge in [0, 0.05) is 17.8 Å². The molecule has 2 aromatic rings. The Balaban J connectivity index is 1.68. The van der Waals surface area contributed by atoms with Crippen molar-refractivity contribution in [3.63, 3.8) is 0 Å². The molecule has 0 bridgehead atoms. The zero-order valence-electron chi connectivity index (χ0n) is 11.8. The molecule has 0 radical (unpaired) electrons. The van der Waals surface area contributed by atoms with Crippen molar-refractivity contribution in [2.75, 3.05) is 12.5 Å². The Kier molecular flexibility index (Phi) is 3.88. The van der Waals surface area contributed by atoms with E-state index in [2.05, 4.69) is 23.0 Å². The lowest BCUT2D eigenvalue weighted by molar-refractivity contribution is 0.408. The third kappa shape index (κ3) is 2.78. The quantitative estimate of drug-likeness (QED) is 0.816. The summed E-state index contributed by atoms with van der Waals surface area (Å²) in [6.45, 7) is 0.741. The van der Waals surface area contributed by atoms with E-state index in [4.69, 9.17) is 4.74 Å². The summed E-state index contributed by atoms with van der Waals surface area (Å²) >= 11 is 0. The molecule has 2 aromatic carbocycles. The van der Waals surface area contributed by atoms with Crippen LogP contribution in [0.3, 0.4) is 0 Å². The van der Waals surface area contributed by atoms with Crippen LogP contribution in [0.4, 0.5) is 5.69 Å². The van der Waals surface area contributed by atoms with Gasteiger partial charge in [-0.1, -0.05) is 24.3 Å². The summed E-state index contributed by atoms with van der Waals surface area (Å²) < 4.78 is 5.51. The topological polar surface area (TPSA) is 33.3 Å². The van der Waals surface area contributed by atoms with Gasteiger partial charge in [-0.05, 0) is 48.6 Å². The molecule has 0 saturated carbocycles. The molecule has 0 aliphatic heterocycles. The Labute approximate surface area is 119 Å².